The molecule has 0 aromatic carbocycles. The van der Waals surface area contributed by atoms with Crippen LogP contribution in [0, 0.1) is 17.8 Å². The molecule has 4 aliphatic carbocycles. The maximum absolute atomic E-state index is 11.3. The standard InChI is InChI=1S/C29H54N2O3/c1-2-34-27(32)16-14-12-10-8-6-4-3-5-7-9-11-13-15-17-30-28(33)31-29-21-24-18-25(22-29)20-26(19-24)23-29/h24-26,28,30-31,33H,2-23H2,1H3. The molecular weight excluding hydrogens is 424 g/mol. The van der Waals surface area contributed by atoms with E-state index in [0.29, 0.717) is 13.0 Å². The van der Waals surface area contributed by atoms with Gasteiger partial charge in [-0.15, -0.1) is 0 Å². The lowest BCUT2D eigenvalue weighted by atomic mass is 9.53. The minimum Gasteiger partial charge on any atom is -0.466 e. The van der Waals surface area contributed by atoms with E-state index >= 15 is 0 Å². The monoisotopic (exact) mass is 478 g/mol. The SMILES string of the molecule is CCOC(=O)CCCCCCCCCCCCCCCNC(O)NC12CC3CC(CC(C3)C1)C2. The van der Waals surface area contributed by atoms with Gasteiger partial charge in [0.1, 0.15) is 0 Å². The molecular formula is C29H54N2O3. The van der Waals surface area contributed by atoms with Crippen molar-refractivity contribution in [1.29, 1.82) is 0 Å². The van der Waals surface area contributed by atoms with Crippen molar-refractivity contribution < 1.29 is 14.6 Å². The van der Waals surface area contributed by atoms with Crippen LogP contribution in [-0.4, -0.2) is 36.1 Å². The number of hydrogen-bond donors (Lipinski definition) is 3. The van der Waals surface area contributed by atoms with Crippen LogP contribution in [0.5, 0.6) is 0 Å². The average molecular weight is 479 g/mol. The topological polar surface area (TPSA) is 70.6 Å². The third-order valence-electron chi connectivity index (χ3n) is 8.68. The molecule has 0 aromatic heterocycles. The van der Waals surface area contributed by atoms with Crippen LogP contribution < -0.4 is 10.6 Å². The highest BCUT2D eigenvalue weighted by Crippen LogP contribution is 2.55. The summed E-state index contributed by atoms with van der Waals surface area (Å²) >= 11 is 0. The fourth-order valence-corrected chi connectivity index (χ4v) is 7.44. The van der Waals surface area contributed by atoms with Crippen molar-refractivity contribution in [1.82, 2.24) is 10.6 Å². The molecule has 4 aliphatic rings. The lowest BCUT2D eigenvalue weighted by Gasteiger charge is -2.57. The maximum Gasteiger partial charge on any atom is 0.305 e. The number of carbonyl (C=O) groups excluding carboxylic acids is 1. The van der Waals surface area contributed by atoms with Gasteiger partial charge in [-0.25, -0.2) is 0 Å². The molecule has 1 unspecified atom stereocenters. The highest BCUT2D eigenvalue weighted by atomic mass is 16.5. The lowest BCUT2D eigenvalue weighted by Crippen LogP contribution is -2.63. The predicted octanol–water partition coefficient (Wildman–Crippen LogP) is 6.43. The highest BCUT2D eigenvalue weighted by molar-refractivity contribution is 5.69. The summed E-state index contributed by atoms with van der Waals surface area (Å²) in [5, 5.41) is 17.5. The van der Waals surface area contributed by atoms with Crippen LogP contribution in [0.3, 0.4) is 0 Å². The van der Waals surface area contributed by atoms with Crippen LogP contribution >= 0.6 is 0 Å². The van der Waals surface area contributed by atoms with Crippen molar-refractivity contribution in [2.45, 2.75) is 147 Å². The molecule has 0 aromatic rings. The lowest BCUT2D eigenvalue weighted by molar-refractivity contribution is -0.143. The number of nitrogens with one attached hydrogen (secondary N) is 2. The number of aliphatic hydroxyl groups is 1. The van der Waals surface area contributed by atoms with E-state index in [2.05, 4.69) is 10.6 Å². The zero-order valence-electron chi connectivity index (χ0n) is 22.1. The van der Waals surface area contributed by atoms with Crippen LogP contribution in [-0.2, 0) is 9.53 Å². The fraction of sp³-hybridized carbons (Fsp3) is 0.966. The second kappa shape index (κ2) is 15.5. The van der Waals surface area contributed by atoms with E-state index in [4.69, 9.17) is 4.74 Å². The number of unbranched alkanes of at least 4 members (excludes halogenated alkanes) is 12. The first-order valence-corrected chi connectivity index (χ1v) is 14.9. The third kappa shape index (κ3) is 10.1. The summed E-state index contributed by atoms with van der Waals surface area (Å²) in [6.07, 6.45) is 24.8. The van der Waals surface area contributed by atoms with Crippen LogP contribution in [0.15, 0.2) is 0 Å². The van der Waals surface area contributed by atoms with Gasteiger partial charge in [0.25, 0.3) is 0 Å². The van der Waals surface area contributed by atoms with Crippen LogP contribution in [0.1, 0.15) is 135 Å². The average Bonchev–Trinajstić information content (AvgIpc) is 2.77. The van der Waals surface area contributed by atoms with Gasteiger partial charge in [0.05, 0.1) is 6.61 Å². The summed E-state index contributed by atoms with van der Waals surface area (Å²) in [6.45, 7) is 3.28. The van der Waals surface area contributed by atoms with Crippen molar-refractivity contribution in [3.05, 3.63) is 0 Å². The van der Waals surface area contributed by atoms with Gasteiger partial charge in [-0.05, 0) is 82.6 Å². The van der Waals surface area contributed by atoms with Gasteiger partial charge in [-0.2, -0.15) is 0 Å². The highest BCUT2D eigenvalue weighted by Gasteiger charge is 2.51. The van der Waals surface area contributed by atoms with Gasteiger partial charge in [-0.1, -0.05) is 70.6 Å². The zero-order valence-corrected chi connectivity index (χ0v) is 22.1. The van der Waals surface area contributed by atoms with Gasteiger partial charge in [0.15, 0.2) is 6.35 Å². The van der Waals surface area contributed by atoms with Gasteiger partial charge >= 0.3 is 5.97 Å². The minimum absolute atomic E-state index is 0.0409. The molecule has 0 heterocycles. The molecule has 1 atom stereocenters. The summed E-state index contributed by atoms with van der Waals surface area (Å²) in [5.41, 5.74) is 0.227. The molecule has 0 saturated heterocycles. The first-order valence-electron chi connectivity index (χ1n) is 14.9. The molecule has 4 fully saturated rings. The van der Waals surface area contributed by atoms with Gasteiger partial charge in [-0.3, -0.25) is 15.4 Å². The number of aliphatic hydroxyl groups excluding tert-OH is 1. The predicted molar refractivity (Wildman–Crippen MR) is 139 cm³/mol. The molecule has 0 radical (unpaired) electrons. The Bertz CT molecular complexity index is 532. The zero-order chi connectivity index (χ0) is 24.1. The first-order chi connectivity index (χ1) is 16.6. The third-order valence-corrected chi connectivity index (χ3v) is 8.68. The van der Waals surface area contributed by atoms with Crippen molar-refractivity contribution in [2.75, 3.05) is 13.2 Å². The van der Waals surface area contributed by atoms with E-state index in [-0.39, 0.29) is 11.5 Å². The number of esters is 1. The Morgan fingerprint density at radius 3 is 1.71 bits per heavy atom. The summed E-state index contributed by atoms with van der Waals surface area (Å²) in [7, 11) is 0. The van der Waals surface area contributed by atoms with Crippen molar-refractivity contribution in [3.8, 4) is 0 Å². The number of ether oxygens (including phenoxy) is 1. The Labute approximate surface area is 209 Å². The number of rotatable bonds is 20. The number of hydrogen-bond acceptors (Lipinski definition) is 5. The second-order valence-electron chi connectivity index (χ2n) is 11.9. The molecule has 4 bridgehead atoms. The minimum atomic E-state index is -0.534. The molecule has 0 amide bonds. The first kappa shape index (κ1) is 27.9. The van der Waals surface area contributed by atoms with Crippen molar-refractivity contribution in [2.24, 2.45) is 17.8 Å². The fourth-order valence-electron chi connectivity index (χ4n) is 7.44. The smallest absolute Gasteiger partial charge is 0.305 e. The van der Waals surface area contributed by atoms with E-state index in [1.807, 2.05) is 6.92 Å². The van der Waals surface area contributed by atoms with E-state index in [1.54, 1.807) is 0 Å². The molecule has 198 valence electrons. The molecule has 5 heteroatoms. The Morgan fingerprint density at radius 2 is 1.24 bits per heavy atom. The van der Waals surface area contributed by atoms with Crippen LogP contribution in [0.2, 0.25) is 0 Å². The summed E-state index contributed by atoms with van der Waals surface area (Å²) < 4.78 is 4.96. The largest absolute Gasteiger partial charge is 0.466 e. The maximum atomic E-state index is 11.3. The summed E-state index contributed by atoms with van der Waals surface area (Å²) in [4.78, 5) is 11.3. The molecule has 34 heavy (non-hydrogen) atoms. The Morgan fingerprint density at radius 1 is 0.794 bits per heavy atom. The van der Waals surface area contributed by atoms with Crippen LogP contribution in [0.25, 0.3) is 0 Å². The van der Waals surface area contributed by atoms with Gasteiger partial charge < -0.3 is 9.84 Å². The Balaban J connectivity index is 1.04. The number of carbonyl (C=O) groups is 1. The van der Waals surface area contributed by atoms with E-state index in [0.717, 1.165) is 43.6 Å². The van der Waals surface area contributed by atoms with E-state index < -0.39 is 6.35 Å². The summed E-state index contributed by atoms with van der Waals surface area (Å²) in [6, 6.07) is 0. The molecule has 4 rings (SSSR count). The quantitative estimate of drug-likeness (QED) is 0.107. The van der Waals surface area contributed by atoms with Gasteiger partial charge in [0.2, 0.25) is 0 Å². The molecule has 4 saturated carbocycles. The molecule has 3 N–H and O–H groups in total. The normalized spacial score (nSPS) is 28.4. The Kier molecular flexibility index (Phi) is 12.7. The molecule has 0 spiro atoms. The van der Waals surface area contributed by atoms with Crippen molar-refractivity contribution in [3.63, 3.8) is 0 Å². The van der Waals surface area contributed by atoms with Crippen molar-refractivity contribution >= 4 is 5.97 Å². The van der Waals surface area contributed by atoms with Crippen LogP contribution in [0.4, 0.5) is 0 Å². The van der Waals surface area contributed by atoms with Gasteiger partial charge in [0, 0.05) is 12.0 Å². The Hall–Kier alpha value is -0.650. The second-order valence-corrected chi connectivity index (χ2v) is 11.9. The summed E-state index contributed by atoms with van der Waals surface area (Å²) in [5.74, 6) is 2.71. The molecule has 5 nitrogen and oxygen atoms in total. The van der Waals surface area contributed by atoms with E-state index in [1.165, 1.54) is 103 Å². The van der Waals surface area contributed by atoms with E-state index in [9.17, 15) is 9.90 Å². The molecule has 0 aliphatic heterocycles.